The largest absolute Gasteiger partial charge is 0.495 e. The number of hydrogen-bond acceptors (Lipinski definition) is 6. The van der Waals surface area contributed by atoms with Crippen molar-refractivity contribution in [3.05, 3.63) is 53.0 Å². The molecule has 1 aliphatic heterocycles. The van der Waals surface area contributed by atoms with Gasteiger partial charge in [0.1, 0.15) is 10.6 Å². The number of aromatic nitrogens is 1. The minimum absolute atomic E-state index is 0.0427. The van der Waals surface area contributed by atoms with E-state index < -0.39 is 15.8 Å². The maximum absolute atomic E-state index is 13.1. The van der Waals surface area contributed by atoms with Crippen LogP contribution in [0.25, 0.3) is 11.1 Å². The number of nitrogens with one attached hydrogen (secondary N) is 1. The van der Waals surface area contributed by atoms with E-state index in [2.05, 4.69) is 5.32 Å². The van der Waals surface area contributed by atoms with Gasteiger partial charge in [-0.25, -0.2) is 13.2 Å². The number of benzene rings is 2. The molecular weight excluding hydrogens is 446 g/mol. The number of ether oxygens (including phenoxy) is 1. The molecule has 1 fully saturated rings. The van der Waals surface area contributed by atoms with Crippen LogP contribution in [0.2, 0.25) is 0 Å². The fourth-order valence-corrected chi connectivity index (χ4v) is 5.75. The highest BCUT2D eigenvalue weighted by molar-refractivity contribution is 7.89. The average molecular weight is 474 g/mol. The van der Waals surface area contributed by atoms with Crippen LogP contribution in [0.4, 0.5) is 5.69 Å². The van der Waals surface area contributed by atoms with Crippen molar-refractivity contribution in [3.8, 4) is 5.75 Å². The lowest BCUT2D eigenvalue weighted by Gasteiger charge is -2.26. The van der Waals surface area contributed by atoms with Crippen LogP contribution in [-0.2, 0) is 21.4 Å². The zero-order valence-electron chi connectivity index (χ0n) is 18.5. The topological polar surface area (TPSA) is 111 Å². The highest BCUT2D eigenvalue weighted by Crippen LogP contribution is 2.31. The number of carbonyl (C=O) groups excluding carboxylic acids is 1. The Hall–Kier alpha value is -3.11. The van der Waals surface area contributed by atoms with Crippen molar-refractivity contribution in [2.45, 2.75) is 43.5 Å². The monoisotopic (exact) mass is 473 g/mol. The first kappa shape index (κ1) is 23.1. The minimum Gasteiger partial charge on any atom is -0.495 e. The molecule has 0 unspecified atom stereocenters. The fourth-order valence-electron chi connectivity index (χ4n) is 4.05. The Morgan fingerprint density at radius 1 is 1.12 bits per heavy atom. The summed E-state index contributed by atoms with van der Waals surface area (Å²) in [6.07, 6.45) is 3.25. The van der Waals surface area contributed by atoms with E-state index >= 15 is 0 Å². The summed E-state index contributed by atoms with van der Waals surface area (Å²) in [6.45, 7) is 1.29. The Morgan fingerprint density at radius 2 is 1.88 bits per heavy atom. The van der Waals surface area contributed by atoms with Gasteiger partial charge < -0.3 is 14.5 Å². The van der Waals surface area contributed by atoms with Gasteiger partial charge in [-0.05, 0) is 49.6 Å². The molecule has 0 spiro atoms. The molecule has 2 aromatic carbocycles. The molecule has 0 bridgehead atoms. The number of oxazole rings is 1. The number of hydrogen-bond donors (Lipinski definition) is 1. The minimum atomic E-state index is -3.73. The molecule has 10 heteroatoms. The molecule has 1 amide bonds. The molecule has 1 saturated heterocycles. The Morgan fingerprint density at radius 3 is 2.64 bits per heavy atom. The molecule has 1 N–H and O–H groups in total. The van der Waals surface area contributed by atoms with Crippen molar-refractivity contribution in [2.75, 3.05) is 25.5 Å². The second-order valence-electron chi connectivity index (χ2n) is 7.97. The van der Waals surface area contributed by atoms with Crippen LogP contribution >= 0.6 is 0 Å². The number of anilines is 1. The lowest BCUT2D eigenvalue weighted by atomic mass is 10.2. The van der Waals surface area contributed by atoms with Crippen molar-refractivity contribution in [2.24, 2.45) is 0 Å². The molecule has 0 radical (unpaired) electrons. The second kappa shape index (κ2) is 9.80. The first-order valence-corrected chi connectivity index (χ1v) is 12.4. The normalized spacial score (nSPS) is 14.9. The smallest absolute Gasteiger partial charge is 0.419 e. The van der Waals surface area contributed by atoms with E-state index in [1.807, 2.05) is 6.07 Å². The second-order valence-corrected chi connectivity index (χ2v) is 9.88. The molecule has 176 valence electrons. The lowest BCUT2D eigenvalue weighted by Crippen LogP contribution is -2.35. The third-order valence-corrected chi connectivity index (χ3v) is 7.66. The number of fused-ring (bicyclic) bond motifs is 1. The first-order chi connectivity index (χ1) is 15.9. The fraction of sp³-hybridized carbons (Fsp3) is 0.391. The number of piperidine rings is 1. The van der Waals surface area contributed by atoms with Gasteiger partial charge in [-0.3, -0.25) is 9.36 Å². The van der Waals surface area contributed by atoms with E-state index in [0.29, 0.717) is 42.8 Å². The van der Waals surface area contributed by atoms with Gasteiger partial charge in [-0.15, -0.1) is 0 Å². The van der Waals surface area contributed by atoms with E-state index in [1.165, 1.54) is 22.0 Å². The summed E-state index contributed by atoms with van der Waals surface area (Å²) in [5, 5.41) is 2.75. The number of carbonyl (C=O) groups is 1. The van der Waals surface area contributed by atoms with Crippen LogP contribution in [0.3, 0.4) is 0 Å². The maximum atomic E-state index is 13.1. The number of aryl methyl sites for hydroxylation is 1. The van der Waals surface area contributed by atoms with E-state index in [9.17, 15) is 18.0 Å². The number of amides is 1. The van der Waals surface area contributed by atoms with Crippen LogP contribution in [-0.4, -0.2) is 43.4 Å². The summed E-state index contributed by atoms with van der Waals surface area (Å²) < 4.78 is 39.7. The van der Waals surface area contributed by atoms with E-state index in [4.69, 9.17) is 9.15 Å². The predicted molar refractivity (Wildman–Crippen MR) is 124 cm³/mol. The summed E-state index contributed by atoms with van der Waals surface area (Å²) in [6, 6.07) is 11.7. The van der Waals surface area contributed by atoms with Gasteiger partial charge in [-0.2, -0.15) is 4.31 Å². The van der Waals surface area contributed by atoms with E-state index in [-0.39, 0.29) is 23.0 Å². The summed E-state index contributed by atoms with van der Waals surface area (Å²) in [5.41, 5.74) is 1.57. The molecule has 1 aliphatic rings. The predicted octanol–water partition coefficient (Wildman–Crippen LogP) is 3.20. The molecule has 9 nitrogen and oxygen atoms in total. The molecule has 33 heavy (non-hydrogen) atoms. The van der Waals surface area contributed by atoms with Crippen molar-refractivity contribution in [1.82, 2.24) is 8.87 Å². The third kappa shape index (κ3) is 4.96. The Labute approximate surface area is 192 Å². The third-order valence-electron chi connectivity index (χ3n) is 5.74. The molecule has 4 rings (SSSR count). The zero-order valence-corrected chi connectivity index (χ0v) is 19.3. The average Bonchev–Trinajstić information content (AvgIpc) is 3.14. The molecule has 2 heterocycles. The maximum Gasteiger partial charge on any atom is 0.419 e. The van der Waals surface area contributed by atoms with Gasteiger partial charge >= 0.3 is 5.76 Å². The summed E-state index contributed by atoms with van der Waals surface area (Å²) in [5.74, 6) is -0.494. The number of rotatable bonds is 8. The Balaban J connectivity index is 1.43. The van der Waals surface area contributed by atoms with Crippen LogP contribution in [0.1, 0.15) is 32.1 Å². The quantitative estimate of drug-likeness (QED) is 0.538. The van der Waals surface area contributed by atoms with Crippen LogP contribution < -0.4 is 15.8 Å². The number of sulfonamides is 1. The van der Waals surface area contributed by atoms with Gasteiger partial charge in [0.05, 0.1) is 12.6 Å². The number of methoxy groups -OCH3 is 1. The van der Waals surface area contributed by atoms with Crippen molar-refractivity contribution in [1.29, 1.82) is 0 Å². The highest BCUT2D eigenvalue weighted by atomic mass is 32.2. The number of para-hydroxylation sites is 2. The SMILES string of the molecule is COc1ccc(NC(=O)CCCn2c(=O)oc3ccccc32)cc1S(=O)(=O)N1CCCCC1. The van der Waals surface area contributed by atoms with Gasteiger partial charge in [0, 0.05) is 31.7 Å². The van der Waals surface area contributed by atoms with Crippen molar-refractivity contribution in [3.63, 3.8) is 0 Å². The van der Waals surface area contributed by atoms with Gasteiger partial charge in [-0.1, -0.05) is 18.6 Å². The Kier molecular flexibility index (Phi) is 6.85. The molecule has 0 aliphatic carbocycles. The van der Waals surface area contributed by atoms with Crippen LogP contribution in [0, 0.1) is 0 Å². The molecule has 3 aromatic rings. The molecule has 1 aromatic heterocycles. The molecular formula is C23H27N3O6S. The van der Waals surface area contributed by atoms with Crippen LogP contribution in [0.15, 0.2) is 56.6 Å². The standard InChI is InChI=1S/C23H27N3O6S/c1-31-20-12-11-17(16-21(20)33(29,30)25-13-5-2-6-14-25)24-22(27)10-7-15-26-18-8-3-4-9-19(18)32-23(26)28/h3-4,8-9,11-12,16H,2,5-7,10,13-15H2,1H3,(H,24,27). The van der Waals surface area contributed by atoms with Gasteiger partial charge in [0.25, 0.3) is 0 Å². The summed E-state index contributed by atoms with van der Waals surface area (Å²) in [4.78, 5) is 24.6. The highest BCUT2D eigenvalue weighted by Gasteiger charge is 2.29. The lowest BCUT2D eigenvalue weighted by molar-refractivity contribution is -0.116. The first-order valence-electron chi connectivity index (χ1n) is 11.0. The van der Waals surface area contributed by atoms with Gasteiger partial charge in [0.2, 0.25) is 15.9 Å². The summed E-state index contributed by atoms with van der Waals surface area (Å²) in [7, 11) is -2.31. The van der Waals surface area contributed by atoms with Gasteiger partial charge in [0.15, 0.2) is 5.58 Å². The Bertz CT molecular complexity index is 1310. The number of nitrogens with zero attached hydrogens (tertiary/aromatic N) is 2. The molecule has 0 atom stereocenters. The van der Waals surface area contributed by atoms with E-state index in [1.54, 1.807) is 30.3 Å². The molecule has 0 saturated carbocycles. The van der Waals surface area contributed by atoms with Crippen molar-refractivity contribution < 1.29 is 22.4 Å². The zero-order chi connectivity index (χ0) is 23.4. The van der Waals surface area contributed by atoms with E-state index in [0.717, 1.165) is 19.3 Å². The summed E-state index contributed by atoms with van der Waals surface area (Å²) >= 11 is 0. The van der Waals surface area contributed by atoms with Crippen molar-refractivity contribution >= 4 is 32.7 Å². The van der Waals surface area contributed by atoms with Crippen LogP contribution in [0.5, 0.6) is 5.75 Å².